The Balaban J connectivity index is 4.67. The monoisotopic (exact) mass is 348 g/mol. The summed E-state index contributed by atoms with van der Waals surface area (Å²) in [4.78, 5) is 46.0. The molecule has 24 heavy (non-hydrogen) atoms. The first-order chi connectivity index (χ1) is 11.1. The van der Waals surface area contributed by atoms with Crippen LogP contribution in [0, 0.1) is 5.92 Å². The fraction of sp³-hybridized carbons (Fsp3) is 0.692. The maximum Gasteiger partial charge on any atom is 0.328 e. The lowest BCUT2D eigenvalue weighted by Crippen LogP contribution is -2.56. The van der Waals surface area contributed by atoms with Crippen LogP contribution in [0.25, 0.3) is 0 Å². The first kappa shape index (κ1) is 21.8. The van der Waals surface area contributed by atoms with Gasteiger partial charge in [-0.3, -0.25) is 14.4 Å². The van der Waals surface area contributed by atoms with E-state index in [9.17, 15) is 19.2 Å². The van der Waals surface area contributed by atoms with E-state index in [0.717, 1.165) is 0 Å². The van der Waals surface area contributed by atoms with Crippen LogP contribution in [0.4, 0.5) is 0 Å². The molecule has 0 radical (unpaired) electrons. The number of hydrogen-bond donors (Lipinski definition) is 7. The molecule has 0 rings (SSSR count). The van der Waals surface area contributed by atoms with Crippen LogP contribution < -0.4 is 21.7 Å². The molecular weight excluding hydrogens is 324 g/mol. The van der Waals surface area contributed by atoms with Gasteiger partial charge in [0.1, 0.15) is 18.1 Å². The van der Waals surface area contributed by atoms with Gasteiger partial charge >= 0.3 is 5.97 Å². The second kappa shape index (κ2) is 10.5. The van der Waals surface area contributed by atoms with Crippen LogP contribution in [0.2, 0.25) is 0 Å². The van der Waals surface area contributed by atoms with Gasteiger partial charge < -0.3 is 37.0 Å². The number of aliphatic hydroxyl groups excluding tert-OH is 2. The van der Waals surface area contributed by atoms with Gasteiger partial charge in [-0.15, -0.1) is 0 Å². The molecule has 0 fully saturated rings. The van der Waals surface area contributed by atoms with E-state index in [2.05, 4.69) is 16.0 Å². The minimum absolute atomic E-state index is 0.377. The first-order valence-electron chi connectivity index (χ1n) is 7.21. The summed E-state index contributed by atoms with van der Waals surface area (Å²) in [5, 5.41) is 33.1. The molecular formula is C13H24N4O7. The number of amides is 3. The van der Waals surface area contributed by atoms with Crippen LogP contribution in [0.1, 0.15) is 13.8 Å². The van der Waals surface area contributed by atoms with E-state index in [1.54, 1.807) is 13.8 Å². The highest BCUT2D eigenvalue weighted by Gasteiger charge is 2.28. The Hall–Kier alpha value is -2.24. The normalized spacial score (nSPS) is 14.4. The van der Waals surface area contributed by atoms with Gasteiger partial charge in [-0.2, -0.15) is 0 Å². The summed E-state index contributed by atoms with van der Waals surface area (Å²) in [5.41, 5.74) is 5.26. The molecule has 3 unspecified atom stereocenters. The van der Waals surface area contributed by atoms with Crippen molar-refractivity contribution in [1.82, 2.24) is 16.0 Å². The number of rotatable bonds is 10. The van der Waals surface area contributed by atoms with Gasteiger partial charge in [-0.05, 0) is 5.92 Å². The lowest BCUT2D eigenvalue weighted by atomic mass is 10.0. The summed E-state index contributed by atoms with van der Waals surface area (Å²) in [6.07, 6.45) is 0. The van der Waals surface area contributed by atoms with Gasteiger partial charge in [-0.25, -0.2) is 4.79 Å². The summed E-state index contributed by atoms with van der Waals surface area (Å²) in [5.74, 6) is -4.00. The first-order valence-corrected chi connectivity index (χ1v) is 7.21. The number of nitrogens with one attached hydrogen (secondary N) is 3. The van der Waals surface area contributed by atoms with Crippen LogP contribution in [0.5, 0.6) is 0 Å². The Morgan fingerprint density at radius 1 is 1.00 bits per heavy atom. The fourth-order valence-corrected chi connectivity index (χ4v) is 1.59. The predicted octanol–water partition coefficient (Wildman–Crippen LogP) is -3.88. The summed E-state index contributed by atoms with van der Waals surface area (Å²) >= 11 is 0. The quantitative estimate of drug-likeness (QED) is 0.208. The van der Waals surface area contributed by atoms with Crippen molar-refractivity contribution in [3.63, 3.8) is 0 Å². The van der Waals surface area contributed by atoms with Gasteiger partial charge in [0, 0.05) is 0 Å². The molecule has 0 heterocycles. The van der Waals surface area contributed by atoms with E-state index in [0.29, 0.717) is 0 Å². The van der Waals surface area contributed by atoms with Crippen LogP contribution in [0.15, 0.2) is 0 Å². The molecule has 0 bridgehead atoms. The number of carbonyl (C=O) groups excluding carboxylic acids is 3. The Labute approximate surface area is 138 Å². The molecule has 11 heteroatoms. The standard InChI is InChI=1S/C13H24N4O7/c1-6(2)10(12(22)16-8(5-19)13(23)24)17-9(20)3-15-11(21)7(14)4-18/h6-8,10,18-19H,3-5,14H2,1-2H3,(H,15,21)(H,16,22)(H,17,20)(H,23,24). The highest BCUT2D eigenvalue weighted by atomic mass is 16.4. The zero-order valence-corrected chi connectivity index (χ0v) is 13.5. The lowest BCUT2D eigenvalue weighted by molar-refractivity contribution is -0.143. The maximum atomic E-state index is 12.0. The number of carboxylic acid groups (broad SMARTS) is 1. The SMILES string of the molecule is CC(C)C(NC(=O)CNC(=O)C(N)CO)C(=O)NC(CO)C(=O)O. The molecule has 11 nitrogen and oxygen atoms in total. The molecule has 0 saturated heterocycles. The Bertz CT molecular complexity index is 469. The van der Waals surface area contributed by atoms with Gasteiger partial charge in [0.05, 0.1) is 19.8 Å². The van der Waals surface area contributed by atoms with E-state index in [1.807, 2.05) is 0 Å². The highest BCUT2D eigenvalue weighted by molar-refractivity contribution is 5.92. The van der Waals surface area contributed by atoms with Crippen molar-refractivity contribution in [2.45, 2.75) is 32.0 Å². The third-order valence-corrected chi connectivity index (χ3v) is 3.02. The average Bonchev–Trinajstić information content (AvgIpc) is 2.53. The molecule has 138 valence electrons. The van der Waals surface area contributed by atoms with Gasteiger partial charge in [0.25, 0.3) is 0 Å². The second-order valence-electron chi connectivity index (χ2n) is 5.38. The van der Waals surface area contributed by atoms with Crippen LogP contribution >= 0.6 is 0 Å². The number of aliphatic hydroxyl groups is 2. The molecule has 0 aliphatic carbocycles. The van der Waals surface area contributed by atoms with Crippen molar-refractivity contribution >= 4 is 23.7 Å². The smallest absolute Gasteiger partial charge is 0.328 e. The van der Waals surface area contributed by atoms with E-state index < -0.39 is 61.6 Å². The molecule has 0 aromatic rings. The Morgan fingerprint density at radius 3 is 2.00 bits per heavy atom. The van der Waals surface area contributed by atoms with Gasteiger partial charge in [0.15, 0.2) is 0 Å². The van der Waals surface area contributed by atoms with Crippen molar-refractivity contribution in [2.75, 3.05) is 19.8 Å². The molecule has 0 aliphatic rings. The summed E-state index contributed by atoms with van der Waals surface area (Å²) in [6, 6.07) is -3.71. The third-order valence-electron chi connectivity index (χ3n) is 3.02. The summed E-state index contributed by atoms with van der Waals surface area (Å²) in [6.45, 7) is 1.40. The highest BCUT2D eigenvalue weighted by Crippen LogP contribution is 2.02. The van der Waals surface area contributed by atoms with Crippen molar-refractivity contribution in [1.29, 1.82) is 0 Å². The Morgan fingerprint density at radius 2 is 1.58 bits per heavy atom. The van der Waals surface area contributed by atoms with E-state index in [4.69, 9.17) is 21.1 Å². The van der Waals surface area contributed by atoms with Crippen molar-refractivity contribution in [3.05, 3.63) is 0 Å². The fourth-order valence-electron chi connectivity index (χ4n) is 1.59. The molecule has 0 saturated carbocycles. The van der Waals surface area contributed by atoms with E-state index in [-0.39, 0.29) is 5.92 Å². The molecule has 3 amide bonds. The number of nitrogens with two attached hydrogens (primary N) is 1. The molecule has 0 aromatic heterocycles. The summed E-state index contributed by atoms with van der Waals surface area (Å²) < 4.78 is 0. The third kappa shape index (κ3) is 7.35. The predicted molar refractivity (Wildman–Crippen MR) is 81.5 cm³/mol. The molecule has 3 atom stereocenters. The van der Waals surface area contributed by atoms with E-state index in [1.165, 1.54) is 0 Å². The van der Waals surface area contributed by atoms with Crippen LogP contribution in [-0.2, 0) is 19.2 Å². The number of aliphatic carboxylic acids is 1. The zero-order chi connectivity index (χ0) is 18.9. The van der Waals surface area contributed by atoms with Crippen molar-refractivity contribution in [2.24, 2.45) is 11.7 Å². The topological polar surface area (TPSA) is 191 Å². The Kier molecular flexibility index (Phi) is 9.54. The minimum Gasteiger partial charge on any atom is -0.480 e. The van der Waals surface area contributed by atoms with Crippen molar-refractivity contribution < 1.29 is 34.5 Å². The molecule has 0 spiro atoms. The van der Waals surface area contributed by atoms with Gasteiger partial charge in [-0.1, -0.05) is 13.8 Å². The van der Waals surface area contributed by atoms with Crippen LogP contribution in [-0.4, -0.2) is 76.9 Å². The second-order valence-corrected chi connectivity index (χ2v) is 5.38. The zero-order valence-electron chi connectivity index (χ0n) is 13.5. The van der Waals surface area contributed by atoms with E-state index >= 15 is 0 Å². The number of carbonyl (C=O) groups is 4. The maximum absolute atomic E-state index is 12.0. The average molecular weight is 348 g/mol. The molecule has 0 aliphatic heterocycles. The summed E-state index contributed by atoms with van der Waals surface area (Å²) in [7, 11) is 0. The largest absolute Gasteiger partial charge is 0.480 e. The molecule has 0 aromatic carbocycles. The lowest BCUT2D eigenvalue weighted by Gasteiger charge is -2.23. The van der Waals surface area contributed by atoms with Crippen molar-refractivity contribution in [3.8, 4) is 0 Å². The van der Waals surface area contributed by atoms with Crippen LogP contribution in [0.3, 0.4) is 0 Å². The number of carboxylic acids is 1. The van der Waals surface area contributed by atoms with Gasteiger partial charge in [0.2, 0.25) is 17.7 Å². The minimum atomic E-state index is -1.49. The number of hydrogen-bond acceptors (Lipinski definition) is 7. The molecule has 8 N–H and O–H groups in total.